The Kier molecular flexibility index (Phi) is 30.7. The van der Waals surface area contributed by atoms with Gasteiger partial charge in [0, 0.05) is 105 Å². The number of ether oxygens (including phenoxy) is 2. The summed E-state index contributed by atoms with van der Waals surface area (Å²) in [4.78, 5) is 111. The summed E-state index contributed by atoms with van der Waals surface area (Å²) in [5.74, 6) is 1.15. The molecule has 0 spiro atoms. The van der Waals surface area contributed by atoms with E-state index in [1.807, 2.05) is 107 Å². The molecule has 4 amide bonds. The van der Waals surface area contributed by atoms with Crippen LogP contribution in [-0.2, 0) is 4.43 Å². The van der Waals surface area contributed by atoms with E-state index in [0.717, 1.165) is 152 Å². The van der Waals surface area contributed by atoms with Crippen LogP contribution in [0.3, 0.4) is 0 Å². The van der Waals surface area contributed by atoms with Crippen LogP contribution in [-0.4, -0.2) is 168 Å². The topological polar surface area (TPSA) is 330 Å². The summed E-state index contributed by atoms with van der Waals surface area (Å²) >= 11 is 31.3. The highest BCUT2D eigenvalue weighted by Crippen LogP contribution is 2.51. The molecule has 16 aromatic rings. The van der Waals surface area contributed by atoms with Crippen LogP contribution in [0.25, 0.3) is 66.4 Å². The lowest BCUT2D eigenvalue weighted by Crippen LogP contribution is -2.43. The number of rotatable bonds is 20. The normalized spacial score (nSPS) is 14.4. The average molecular weight is 2020 g/mol. The van der Waals surface area contributed by atoms with Gasteiger partial charge in [-0.1, -0.05) is 108 Å². The SMILES string of the molecule is C.C.C.C.Cc1ccc(-n2ccc3cc(N(CCO)C(=O)c4c(Cl)ncnc4Cl)cc(C4CC4)c32)cn1.Cc1ccc(-n2ccc3cc(N(CCO[Si](C)(C)C(C)(C)C)C(=O)c4c(Cl)ncnc4Cl)cc(C4CC4)c32)cn1.Cc1ccc(-n2ccc3cc(N4CCOc5ncnc(Cl)c5C4=O)cc(C4CC4)c32)cn1.Cc1ccc(-n2ccc3cc(N4CCOc5ncnc(N)c5C4=O)cc(C4CC4)c32)cn1. The van der Waals surface area contributed by atoms with Crippen LogP contribution in [0.1, 0.15) is 212 Å². The molecule has 0 bridgehead atoms. The lowest BCUT2D eigenvalue weighted by atomic mass is 10.0. The Morgan fingerprint density at radius 3 is 1.09 bits per heavy atom. The molecule has 14 heterocycles. The molecular weight excluding hydrogens is 1900 g/mol. The second-order valence-corrected chi connectivity index (χ2v) is 43.3. The number of aryl methyl sites for hydroxylation is 4. The van der Waals surface area contributed by atoms with Crippen LogP contribution < -0.4 is 34.8 Å². The third-order valence-electron chi connectivity index (χ3n) is 26.2. The number of pyridine rings is 4. The molecule has 0 atom stereocenters. The Labute approximate surface area is 845 Å². The summed E-state index contributed by atoms with van der Waals surface area (Å²) in [5.41, 5.74) is 27.0. The second kappa shape index (κ2) is 42.3. The summed E-state index contributed by atoms with van der Waals surface area (Å²) in [6.45, 7) is 21.0. The molecule has 0 radical (unpaired) electrons. The van der Waals surface area contributed by atoms with Crippen molar-refractivity contribution in [1.82, 2.24) is 78.1 Å². The van der Waals surface area contributed by atoms with E-state index < -0.39 is 14.2 Å². The molecule has 0 saturated heterocycles. The first-order chi connectivity index (χ1) is 66.0. The fourth-order valence-corrected chi connectivity index (χ4v) is 19.6. The molecule has 141 heavy (non-hydrogen) atoms. The number of carbonyl (C=O) groups excluding carboxylic acids is 4. The average Bonchev–Trinajstić information content (AvgIpc) is 1.62. The third kappa shape index (κ3) is 21.1. The number of benzene rings is 4. The van der Waals surface area contributed by atoms with Crippen LogP contribution in [0.15, 0.2) is 196 Å². The highest BCUT2D eigenvalue weighted by Gasteiger charge is 2.41. The third-order valence-corrected chi connectivity index (χ3v) is 32.1. The number of aromatic nitrogens is 16. The predicted molar refractivity (Wildman–Crippen MR) is 564 cm³/mol. The van der Waals surface area contributed by atoms with Crippen molar-refractivity contribution in [1.29, 1.82) is 0 Å². The van der Waals surface area contributed by atoms with Gasteiger partial charge in [-0.05, 0) is 264 Å². The van der Waals surface area contributed by atoms with Crippen LogP contribution in [0, 0.1) is 27.7 Å². The van der Waals surface area contributed by atoms with Crippen LogP contribution in [0.4, 0.5) is 28.6 Å². The molecule has 4 aliphatic carbocycles. The van der Waals surface area contributed by atoms with Gasteiger partial charge in [-0.25, -0.2) is 39.9 Å². The van der Waals surface area contributed by atoms with E-state index in [0.29, 0.717) is 68.8 Å². The first kappa shape index (κ1) is 102. The highest BCUT2D eigenvalue weighted by atomic mass is 35.5. The number of nitrogens with zero attached hydrogens (tertiary/aromatic N) is 20. The number of hydrogen-bond donors (Lipinski definition) is 2. The Bertz CT molecular complexity index is 7110. The van der Waals surface area contributed by atoms with Crippen LogP contribution in [0.5, 0.6) is 11.8 Å². The molecule has 3 N–H and O–H groups in total. The van der Waals surface area contributed by atoms with E-state index in [4.69, 9.17) is 77.6 Å². The molecule has 4 aromatic carbocycles. The Morgan fingerprint density at radius 1 is 0.426 bits per heavy atom. The van der Waals surface area contributed by atoms with E-state index in [9.17, 15) is 24.3 Å². The zero-order chi connectivity index (χ0) is 95.6. The van der Waals surface area contributed by atoms with E-state index in [1.54, 1.807) is 14.7 Å². The number of halogens is 5. The predicted octanol–water partition coefficient (Wildman–Crippen LogP) is 23.8. The lowest BCUT2D eigenvalue weighted by molar-refractivity contribution is 0.0973. The molecule has 29 nitrogen and oxygen atoms in total. The number of fused-ring (bicyclic) bond motifs is 6. The minimum atomic E-state index is -2.03. The smallest absolute Gasteiger partial charge is 0.267 e. The molecule has 35 heteroatoms. The summed E-state index contributed by atoms with van der Waals surface area (Å²) < 4.78 is 26.6. The number of carbonyl (C=O) groups is 4. The number of aliphatic hydroxyl groups excluding tert-OH is 1. The molecule has 4 fully saturated rings. The molecule has 6 aliphatic rings. The van der Waals surface area contributed by atoms with Gasteiger partial charge in [0.15, 0.2) is 8.32 Å². The van der Waals surface area contributed by atoms with Crippen LogP contribution >= 0.6 is 58.0 Å². The van der Waals surface area contributed by atoms with Crippen molar-refractivity contribution in [2.24, 2.45) is 0 Å². The van der Waals surface area contributed by atoms with Gasteiger partial charge >= 0.3 is 0 Å². The van der Waals surface area contributed by atoms with Gasteiger partial charge in [0.05, 0.1) is 95.9 Å². The monoisotopic (exact) mass is 2010 g/mol. The Morgan fingerprint density at radius 2 is 0.745 bits per heavy atom. The van der Waals surface area contributed by atoms with E-state index in [2.05, 4.69) is 203 Å². The van der Waals surface area contributed by atoms with Gasteiger partial charge in [0.2, 0.25) is 11.8 Å². The standard InChI is InChI=1S/C30H35Cl2N5O2Si.C24H21Cl2N5O2.C24H20ClN5O2.C24H22N6O2.4CH4/c1-19-7-10-22(17-33-19)36-12-11-21-15-23(16-24(26(21)36)20-8-9-20)37(13-14-39-40(5,6)30(2,3)4)29(38)25-27(31)34-18-35-28(25)32;1-14-2-5-17(12-27-14)30-7-6-16-10-18(11-19(21(16)30)15-3-4-15)31(8-9-32)24(33)20-22(25)28-13-29-23(20)26;2*1-14-2-5-17(12-26-14)29-7-6-16-10-18(11-19(21(16)29)15-3-4-15)30-8-9-32-23-20(24(30)31)22(25)27-13-28-23;;;;/h7,10-12,15-18,20H,8-9,13-14H2,1-6H3;2,5-7,10-13,15,32H,3-4,8-9H2,1H3;2,5-7,10-13,15H,3-4,8-9H2,1H3;2,5-7,10-13,15H,3-4,8-9H2,1H3,(H2,25,27,28);4*1H4. The maximum atomic E-state index is 14.1. The van der Waals surface area contributed by atoms with Crippen molar-refractivity contribution in [3.8, 4) is 34.5 Å². The highest BCUT2D eigenvalue weighted by molar-refractivity contribution is 6.74. The zero-order valence-electron chi connectivity index (χ0n) is 76.8. The van der Waals surface area contributed by atoms with Crippen LogP contribution in [0.2, 0.25) is 43.9 Å². The van der Waals surface area contributed by atoms with Crippen molar-refractivity contribution < 1.29 is 38.2 Å². The maximum absolute atomic E-state index is 14.1. The van der Waals surface area contributed by atoms with Gasteiger partial charge in [0.1, 0.15) is 92.4 Å². The number of nitrogen functional groups attached to an aromatic ring is 1. The van der Waals surface area contributed by atoms with Crippen molar-refractivity contribution in [3.05, 3.63) is 289 Å². The van der Waals surface area contributed by atoms with Gasteiger partial charge in [-0.2, -0.15) is 0 Å². The zero-order valence-corrected chi connectivity index (χ0v) is 81.6. The Hall–Kier alpha value is -13.2. The van der Waals surface area contributed by atoms with Gasteiger partial charge < -0.3 is 62.6 Å². The largest absolute Gasteiger partial charge is 0.475 e. The summed E-state index contributed by atoms with van der Waals surface area (Å²) in [6.07, 6.45) is 29.9. The van der Waals surface area contributed by atoms with Gasteiger partial charge in [-0.3, -0.25) is 39.1 Å². The first-order valence-electron chi connectivity index (χ1n) is 45.6. The Balaban J connectivity index is 0.000000141. The summed E-state index contributed by atoms with van der Waals surface area (Å²) in [7, 11) is -2.03. The summed E-state index contributed by atoms with van der Waals surface area (Å²) in [5, 5.41) is 14.1. The van der Waals surface area contributed by atoms with E-state index in [-0.39, 0.29) is 131 Å². The molecule has 2 aliphatic heterocycles. The number of amides is 4. The van der Waals surface area contributed by atoms with E-state index >= 15 is 0 Å². The van der Waals surface area contributed by atoms with Crippen molar-refractivity contribution in [3.63, 3.8) is 0 Å². The second-order valence-electron chi connectivity index (χ2n) is 36.7. The number of hydrogen-bond acceptors (Lipinski definition) is 21. The quantitative estimate of drug-likeness (QED) is 0.0529. The molecule has 0 unspecified atom stereocenters. The van der Waals surface area contributed by atoms with Crippen molar-refractivity contribution in [2.45, 2.75) is 171 Å². The number of anilines is 5. The molecule has 4 saturated carbocycles. The minimum absolute atomic E-state index is 0. The van der Waals surface area contributed by atoms with Crippen molar-refractivity contribution in [2.75, 3.05) is 77.9 Å². The maximum Gasteiger partial charge on any atom is 0.267 e. The van der Waals surface area contributed by atoms with E-state index in [1.165, 1.54) is 57.9 Å². The summed E-state index contributed by atoms with van der Waals surface area (Å²) in [6, 6.07) is 41.2. The molecule has 730 valence electrons. The first-order valence-corrected chi connectivity index (χ1v) is 50.4. The minimum Gasteiger partial charge on any atom is -0.475 e. The number of nitrogens with two attached hydrogens (primary N) is 1. The fourth-order valence-electron chi connectivity index (χ4n) is 17.4. The molecule has 12 aromatic heterocycles. The van der Waals surface area contributed by atoms with Crippen molar-refractivity contribution >= 4 is 162 Å². The number of aliphatic hydroxyl groups is 1. The van der Waals surface area contributed by atoms with Gasteiger partial charge in [0.25, 0.3) is 23.6 Å². The fraction of sp³-hybridized carbons (Fsp3) is 0.321. The lowest BCUT2D eigenvalue weighted by Gasteiger charge is -2.37. The molecule has 22 rings (SSSR count). The molecular formula is C106H114Cl5N21O8Si. The van der Waals surface area contributed by atoms with Gasteiger partial charge in [-0.15, -0.1) is 0 Å².